The van der Waals surface area contributed by atoms with Crippen LogP contribution >= 0.6 is 0 Å². The van der Waals surface area contributed by atoms with Crippen LogP contribution in [0.4, 0.5) is 0 Å². The zero-order valence-corrected chi connectivity index (χ0v) is 14.7. The van der Waals surface area contributed by atoms with E-state index < -0.39 is 0 Å². The summed E-state index contributed by atoms with van der Waals surface area (Å²) in [4.78, 5) is 19.0. The molecule has 3 heterocycles. The summed E-state index contributed by atoms with van der Waals surface area (Å²) in [6, 6.07) is 0. The van der Waals surface area contributed by atoms with Gasteiger partial charge < -0.3 is 13.9 Å². The lowest BCUT2D eigenvalue weighted by Gasteiger charge is -2.31. The first kappa shape index (κ1) is 16.7. The Bertz CT molecular complexity index is 700. The van der Waals surface area contributed by atoms with Crippen LogP contribution in [0, 0.1) is 13.8 Å². The second kappa shape index (κ2) is 6.75. The molecule has 0 unspecified atom stereocenters. The van der Waals surface area contributed by atoms with Crippen molar-refractivity contribution in [3.05, 3.63) is 28.7 Å². The molecule has 0 radical (unpaired) electrons. The fourth-order valence-electron chi connectivity index (χ4n) is 3.08. The number of amides is 1. The molecule has 0 aliphatic carbocycles. The Hall–Kier alpha value is -2.18. The summed E-state index contributed by atoms with van der Waals surface area (Å²) in [5, 5.41) is 8.03. The molecular weight excluding hydrogens is 308 g/mol. The average Bonchev–Trinajstić information content (AvgIpc) is 3.18. The van der Waals surface area contributed by atoms with Gasteiger partial charge in [0.25, 0.3) is 0 Å². The molecule has 7 heteroatoms. The van der Waals surface area contributed by atoms with Gasteiger partial charge in [-0.2, -0.15) is 4.98 Å². The van der Waals surface area contributed by atoms with E-state index in [1.165, 1.54) is 0 Å². The third-order valence-electron chi connectivity index (χ3n) is 4.60. The summed E-state index contributed by atoms with van der Waals surface area (Å²) < 4.78 is 10.5. The highest BCUT2D eigenvalue weighted by molar-refractivity contribution is 5.79. The highest BCUT2D eigenvalue weighted by atomic mass is 16.5. The maximum atomic E-state index is 12.7. The number of rotatable bonds is 4. The van der Waals surface area contributed by atoms with Crippen LogP contribution in [-0.4, -0.2) is 39.2 Å². The van der Waals surface area contributed by atoms with Crippen LogP contribution in [0.25, 0.3) is 0 Å². The lowest BCUT2D eigenvalue weighted by molar-refractivity contribution is -0.131. The van der Waals surface area contributed by atoms with Crippen molar-refractivity contribution in [1.29, 1.82) is 0 Å². The van der Waals surface area contributed by atoms with E-state index in [4.69, 9.17) is 9.05 Å². The quantitative estimate of drug-likeness (QED) is 0.856. The third kappa shape index (κ3) is 3.34. The number of aromatic nitrogens is 3. The molecule has 0 aromatic carbocycles. The molecule has 1 atom stereocenters. The molecule has 0 bridgehead atoms. The highest BCUT2D eigenvalue weighted by Gasteiger charge is 2.29. The van der Waals surface area contributed by atoms with Crippen molar-refractivity contribution >= 4 is 5.91 Å². The molecule has 0 spiro atoms. The molecule has 130 valence electrons. The average molecular weight is 332 g/mol. The molecule has 3 rings (SSSR count). The van der Waals surface area contributed by atoms with Crippen molar-refractivity contribution in [2.75, 3.05) is 13.1 Å². The first-order valence-electron chi connectivity index (χ1n) is 8.48. The van der Waals surface area contributed by atoms with Crippen molar-refractivity contribution in [3.8, 4) is 0 Å². The van der Waals surface area contributed by atoms with E-state index >= 15 is 0 Å². The normalized spacial score (nSPS) is 18.4. The summed E-state index contributed by atoms with van der Waals surface area (Å²) in [6.45, 7) is 9.17. The van der Waals surface area contributed by atoms with E-state index in [-0.39, 0.29) is 17.7 Å². The van der Waals surface area contributed by atoms with Gasteiger partial charge in [0.05, 0.1) is 12.1 Å². The smallest absolute Gasteiger partial charge is 0.229 e. The summed E-state index contributed by atoms with van der Waals surface area (Å²) in [7, 11) is 0. The number of hydrogen-bond donors (Lipinski definition) is 0. The lowest BCUT2D eigenvalue weighted by atomic mass is 9.96. The lowest BCUT2D eigenvalue weighted by Crippen LogP contribution is -2.40. The molecule has 0 saturated carbocycles. The van der Waals surface area contributed by atoms with E-state index in [1.54, 1.807) is 0 Å². The number of likely N-dealkylation sites (tertiary alicyclic amines) is 1. The molecule has 1 fully saturated rings. The molecule has 24 heavy (non-hydrogen) atoms. The van der Waals surface area contributed by atoms with Crippen LogP contribution in [0.3, 0.4) is 0 Å². The van der Waals surface area contributed by atoms with Crippen LogP contribution in [-0.2, 0) is 11.2 Å². The predicted octanol–water partition coefficient (Wildman–Crippen LogP) is 2.75. The van der Waals surface area contributed by atoms with Crippen LogP contribution < -0.4 is 0 Å². The number of nitrogens with zero attached hydrogens (tertiary/aromatic N) is 4. The maximum Gasteiger partial charge on any atom is 0.229 e. The van der Waals surface area contributed by atoms with Crippen molar-refractivity contribution in [2.45, 2.75) is 58.8 Å². The van der Waals surface area contributed by atoms with Crippen LogP contribution in [0.1, 0.15) is 67.3 Å². The van der Waals surface area contributed by atoms with E-state index in [0.717, 1.165) is 30.6 Å². The summed E-state index contributed by atoms with van der Waals surface area (Å²) in [5.41, 5.74) is 1.68. The van der Waals surface area contributed by atoms with Gasteiger partial charge in [0.1, 0.15) is 5.76 Å². The SMILES string of the molecule is Cc1noc(C)c1CC(=O)N1CCC[C@@H](c2noc(C(C)C)n2)C1. The minimum Gasteiger partial charge on any atom is -0.361 e. The van der Waals surface area contributed by atoms with Gasteiger partial charge in [-0.05, 0) is 26.7 Å². The van der Waals surface area contributed by atoms with E-state index in [1.807, 2.05) is 32.6 Å². The van der Waals surface area contributed by atoms with Gasteiger partial charge in [-0.25, -0.2) is 0 Å². The topological polar surface area (TPSA) is 85.3 Å². The van der Waals surface area contributed by atoms with Crippen molar-refractivity contribution in [1.82, 2.24) is 20.2 Å². The maximum absolute atomic E-state index is 12.7. The molecule has 1 aliphatic rings. The second-order valence-corrected chi connectivity index (χ2v) is 6.80. The first-order chi connectivity index (χ1) is 11.5. The number of piperidine rings is 1. The Labute approximate surface area is 141 Å². The van der Waals surface area contributed by atoms with Crippen molar-refractivity contribution in [2.24, 2.45) is 0 Å². The molecular formula is C17H24N4O3. The van der Waals surface area contributed by atoms with E-state index in [2.05, 4.69) is 15.3 Å². The Balaban J connectivity index is 1.67. The Morgan fingerprint density at radius 2 is 2.08 bits per heavy atom. The highest BCUT2D eigenvalue weighted by Crippen LogP contribution is 2.27. The van der Waals surface area contributed by atoms with Gasteiger partial charge in [-0.15, -0.1) is 0 Å². The van der Waals surface area contributed by atoms with Gasteiger partial charge in [0.15, 0.2) is 5.82 Å². The molecule has 2 aromatic heterocycles. The van der Waals surface area contributed by atoms with Crippen LogP contribution in [0.5, 0.6) is 0 Å². The first-order valence-corrected chi connectivity index (χ1v) is 8.48. The zero-order valence-electron chi connectivity index (χ0n) is 14.7. The summed E-state index contributed by atoms with van der Waals surface area (Å²) in [5.74, 6) is 2.55. The van der Waals surface area contributed by atoms with Crippen LogP contribution in [0.15, 0.2) is 9.05 Å². The Morgan fingerprint density at radius 3 is 2.71 bits per heavy atom. The Morgan fingerprint density at radius 1 is 1.29 bits per heavy atom. The fourth-order valence-corrected chi connectivity index (χ4v) is 3.08. The molecule has 2 aromatic rings. The second-order valence-electron chi connectivity index (χ2n) is 6.80. The van der Waals surface area contributed by atoms with E-state index in [9.17, 15) is 4.79 Å². The largest absolute Gasteiger partial charge is 0.361 e. The van der Waals surface area contributed by atoms with Gasteiger partial charge in [0, 0.05) is 30.5 Å². The number of carbonyl (C=O) groups is 1. The molecule has 0 N–H and O–H groups in total. The molecule has 1 amide bonds. The summed E-state index contributed by atoms with van der Waals surface area (Å²) >= 11 is 0. The van der Waals surface area contributed by atoms with Crippen LogP contribution in [0.2, 0.25) is 0 Å². The van der Waals surface area contributed by atoms with Gasteiger partial charge in [-0.1, -0.05) is 24.2 Å². The number of carbonyl (C=O) groups excluding carboxylic acids is 1. The molecule has 7 nitrogen and oxygen atoms in total. The standard InChI is InChI=1S/C17H24N4O3/c1-10(2)17-18-16(20-24-17)13-6-5-7-21(9-13)15(22)8-14-11(3)19-23-12(14)4/h10,13H,5-9H2,1-4H3/t13-/m1/s1. The minimum atomic E-state index is 0.0988. The van der Waals surface area contributed by atoms with Crippen molar-refractivity contribution < 1.29 is 13.8 Å². The van der Waals surface area contributed by atoms with Gasteiger partial charge in [0.2, 0.25) is 11.8 Å². The predicted molar refractivity (Wildman–Crippen MR) is 86.6 cm³/mol. The van der Waals surface area contributed by atoms with Crippen molar-refractivity contribution in [3.63, 3.8) is 0 Å². The molecule has 1 saturated heterocycles. The third-order valence-corrected chi connectivity index (χ3v) is 4.60. The fraction of sp³-hybridized carbons (Fsp3) is 0.647. The molecule has 1 aliphatic heterocycles. The number of aryl methyl sites for hydroxylation is 2. The summed E-state index contributed by atoms with van der Waals surface area (Å²) in [6.07, 6.45) is 2.26. The van der Waals surface area contributed by atoms with Gasteiger partial charge >= 0.3 is 0 Å². The minimum absolute atomic E-state index is 0.0988. The number of hydrogen-bond acceptors (Lipinski definition) is 6. The zero-order chi connectivity index (χ0) is 17.3. The Kier molecular flexibility index (Phi) is 4.69. The monoisotopic (exact) mass is 332 g/mol. The van der Waals surface area contributed by atoms with Gasteiger partial charge in [-0.3, -0.25) is 4.79 Å². The van der Waals surface area contributed by atoms with E-state index in [0.29, 0.717) is 30.4 Å².